The summed E-state index contributed by atoms with van der Waals surface area (Å²) in [4.78, 5) is 20.6. The predicted octanol–water partition coefficient (Wildman–Crippen LogP) is 2.92. The third-order valence-electron chi connectivity index (χ3n) is 3.20. The molecule has 1 amide bonds. The molecule has 2 heterocycles. The van der Waals surface area contributed by atoms with Gasteiger partial charge in [-0.1, -0.05) is 0 Å². The van der Waals surface area contributed by atoms with Gasteiger partial charge in [0.25, 0.3) is 5.91 Å². The summed E-state index contributed by atoms with van der Waals surface area (Å²) >= 11 is 0. The van der Waals surface area contributed by atoms with E-state index in [2.05, 4.69) is 15.3 Å². The summed E-state index contributed by atoms with van der Waals surface area (Å²) in [6.45, 7) is 2.54. The van der Waals surface area contributed by atoms with Crippen LogP contribution in [0.3, 0.4) is 0 Å². The van der Waals surface area contributed by atoms with Crippen LogP contribution in [0, 0.1) is 0 Å². The molecule has 0 aliphatic rings. The molecule has 2 aromatic heterocycles. The number of carbonyl (C=O) groups excluding carboxylic acids is 1. The van der Waals surface area contributed by atoms with Gasteiger partial charge >= 0.3 is 0 Å². The summed E-state index contributed by atoms with van der Waals surface area (Å²) in [6, 6.07) is 10.6. The molecule has 1 aromatic carbocycles. The summed E-state index contributed by atoms with van der Waals surface area (Å²) < 4.78 is 7.12. The van der Waals surface area contributed by atoms with Crippen LogP contribution in [0.4, 0.5) is 5.69 Å². The molecule has 6 nitrogen and oxygen atoms in total. The number of carbonyl (C=O) groups is 1. The van der Waals surface area contributed by atoms with E-state index in [1.165, 1.54) is 0 Å². The largest absolute Gasteiger partial charge is 0.494 e. The molecule has 0 aliphatic carbocycles. The maximum Gasteiger partial charge on any atom is 0.255 e. The second kappa shape index (κ2) is 6.74. The van der Waals surface area contributed by atoms with E-state index >= 15 is 0 Å². The fourth-order valence-electron chi connectivity index (χ4n) is 2.10. The highest BCUT2D eigenvalue weighted by Gasteiger charge is 2.08. The molecule has 0 aliphatic heterocycles. The highest BCUT2D eigenvalue weighted by atomic mass is 16.5. The minimum Gasteiger partial charge on any atom is -0.494 e. The molecule has 0 atom stereocenters. The van der Waals surface area contributed by atoms with Gasteiger partial charge in [-0.25, -0.2) is 9.97 Å². The smallest absolute Gasteiger partial charge is 0.255 e. The lowest BCUT2D eigenvalue weighted by atomic mass is 10.2. The van der Waals surface area contributed by atoms with Crippen molar-refractivity contribution < 1.29 is 9.53 Å². The van der Waals surface area contributed by atoms with Gasteiger partial charge in [0.15, 0.2) is 0 Å². The zero-order valence-electron chi connectivity index (χ0n) is 12.6. The van der Waals surface area contributed by atoms with E-state index in [0.29, 0.717) is 23.7 Å². The first-order chi connectivity index (χ1) is 11.3. The Labute approximate surface area is 133 Å². The second-order valence-electron chi connectivity index (χ2n) is 4.78. The Morgan fingerprint density at radius 1 is 1.22 bits per heavy atom. The molecule has 6 heteroatoms. The zero-order valence-corrected chi connectivity index (χ0v) is 12.6. The number of nitrogens with zero attached hydrogens (tertiary/aromatic N) is 3. The molecule has 0 spiro atoms. The van der Waals surface area contributed by atoms with Gasteiger partial charge in [-0.2, -0.15) is 0 Å². The summed E-state index contributed by atoms with van der Waals surface area (Å²) in [5.41, 5.74) is 1.23. The molecule has 0 bridgehead atoms. The lowest BCUT2D eigenvalue weighted by molar-refractivity contribution is 0.102. The molecule has 116 valence electrons. The van der Waals surface area contributed by atoms with Gasteiger partial charge in [-0.15, -0.1) is 0 Å². The highest BCUT2D eigenvalue weighted by molar-refractivity contribution is 6.04. The van der Waals surface area contributed by atoms with Crippen molar-refractivity contribution in [1.29, 1.82) is 0 Å². The summed E-state index contributed by atoms with van der Waals surface area (Å²) in [5, 5.41) is 2.85. The summed E-state index contributed by atoms with van der Waals surface area (Å²) in [6.07, 6.45) is 6.67. The monoisotopic (exact) mass is 308 g/mol. The zero-order chi connectivity index (χ0) is 16.1. The lowest BCUT2D eigenvalue weighted by Crippen LogP contribution is -2.12. The number of hydrogen-bond acceptors (Lipinski definition) is 4. The van der Waals surface area contributed by atoms with Crippen LogP contribution in [0.1, 0.15) is 17.3 Å². The fourth-order valence-corrected chi connectivity index (χ4v) is 2.10. The molecule has 3 aromatic rings. The van der Waals surface area contributed by atoms with Crippen LogP contribution in [0.25, 0.3) is 5.82 Å². The number of rotatable bonds is 5. The Morgan fingerprint density at radius 2 is 2.04 bits per heavy atom. The first-order valence-electron chi connectivity index (χ1n) is 7.25. The number of amides is 1. The Balaban J connectivity index is 1.74. The molecular weight excluding hydrogens is 292 g/mol. The molecule has 1 N–H and O–H groups in total. The molecule has 0 unspecified atom stereocenters. The average Bonchev–Trinajstić information content (AvgIpc) is 3.12. The third kappa shape index (κ3) is 3.55. The van der Waals surface area contributed by atoms with E-state index in [1.54, 1.807) is 53.8 Å². The van der Waals surface area contributed by atoms with Crippen molar-refractivity contribution in [1.82, 2.24) is 14.5 Å². The van der Waals surface area contributed by atoms with Crippen molar-refractivity contribution in [3.63, 3.8) is 0 Å². The number of benzene rings is 1. The average molecular weight is 308 g/mol. The van der Waals surface area contributed by atoms with E-state index in [1.807, 2.05) is 19.1 Å². The van der Waals surface area contributed by atoms with E-state index in [0.717, 1.165) is 5.75 Å². The number of pyridine rings is 1. The van der Waals surface area contributed by atoms with E-state index in [-0.39, 0.29) is 5.91 Å². The number of hydrogen-bond donors (Lipinski definition) is 1. The Morgan fingerprint density at radius 3 is 2.74 bits per heavy atom. The SMILES string of the molecule is CCOc1ccc(NC(=O)c2ccnc(-n3ccnc3)c2)cc1. The van der Waals surface area contributed by atoms with Gasteiger partial charge in [0.2, 0.25) is 0 Å². The van der Waals surface area contributed by atoms with Crippen molar-refractivity contribution in [2.45, 2.75) is 6.92 Å². The molecule has 0 fully saturated rings. The minimum atomic E-state index is -0.196. The Bertz CT molecular complexity index is 783. The van der Waals surface area contributed by atoms with Crippen LogP contribution < -0.4 is 10.1 Å². The molecule has 0 radical (unpaired) electrons. The van der Waals surface area contributed by atoms with Crippen molar-refractivity contribution >= 4 is 11.6 Å². The van der Waals surface area contributed by atoms with Crippen molar-refractivity contribution in [3.05, 3.63) is 66.9 Å². The van der Waals surface area contributed by atoms with Crippen LogP contribution >= 0.6 is 0 Å². The first-order valence-corrected chi connectivity index (χ1v) is 7.25. The molecule has 23 heavy (non-hydrogen) atoms. The second-order valence-corrected chi connectivity index (χ2v) is 4.78. The first kappa shape index (κ1) is 14.8. The number of imidazole rings is 1. The number of anilines is 1. The fraction of sp³-hybridized carbons (Fsp3) is 0.118. The van der Waals surface area contributed by atoms with Crippen LogP contribution in [-0.2, 0) is 0 Å². The minimum absolute atomic E-state index is 0.196. The van der Waals surface area contributed by atoms with E-state index < -0.39 is 0 Å². The van der Waals surface area contributed by atoms with E-state index in [4.69, 9.17) is 4.74 Å². The summed E-state index contributed by atoms with van der Waals surface area (Å²) in [5.74, 6) is 1.22. The summed E-state index contributed by atoms with van der Waals surface area (Å²) in [7, 11) is 0. The number of aromatic nitrogens is 3. The van der Waals surface area contributed by atoms with Crippen molar-refractivity contribution in [2.75, 3.05) is 11.9 Å². The molecular formula is C17H16N4O2. The van der Waals surface area contributed by atoms with Crippen LogP contribution in [-0.4, -0.2) is 27.0 Å². The molecule has 0 saturated carbocycles. The van der Waals surface area contributed by atoms with Gasteiger partial charge in [0.05, 0.1) is 6.61 Å². The highest BCUT2D eigenvalue weighted by Crippen LogP contribution is 2.17. The number of ether oxygens (including phenoxy) is 1. The Kier molecular flexibility index (Phi) is 4.33. The maximum absolute atomic E-state index is 12.4. The predicted molar refractivity (Wildman–Crippen MR) is 86.9 cm³/mol. The van der Waals surface area contributed by atoms with Crippen molar-refractivity contribution in [2.24, 2.45) is 0 Å². The standard InChI is InChI=1S/C17H16N4O2/c1-2-23-15-5-3-14(4-6-15)20-17(22)13-7-8-19-16(11-13)21-10-9-18-12-21/h3-12H,2H2,1H3,(H,20,22). The van der Waals surface area contributed by atoms with E-state index in [9.17, 15) is 4.79 Å². The van der Waals surface area contributed by atoms with Gasteiger partial charge in [0, 0.05) is 29.8 Å². The third-order valence-corrected chi connectivity index (χ3v) is 3.20. The van der Waals surface area contributed by atoms with Crippen LogP contribution in [0.2, 0.25) is 0 Å². The lowest BCUT2D eigenvalue weighted by Gasteiger charge is -2.08. The Hall–Kier alpha value is -3.15. The van der Waals surface area contributed by atoms with Crippen LogP contribution in [0.5, 0.6) is 5.75 Å². The molecule has 3 rings (SSSR count). The van der Waals surface area contributed by atoms with Crippen molar-refractivity contribution in [3.8, 4) is 11.6 Å². The normalized spacial score (nSPS) is 10.3. The van der Waals surface area contributed by atoms with Gasteiger partial charge in [-0.05, 0) is 43.3 Å². The quantitative estimate of drug-likeness (QED) is 0.787. The molecule has 0 saturated heterocycles. The van der Waals surface area contributed by atoms with Gasteiger partial charge < -0.3 is 10.1 Å². The number of nitrogens with one attached hydrogen (secondary N) is 1. The van der Waals surface area contributed by atoms with Gasteiger partial charge in [0.1, 0.15) is 17.9 Å². The topological polar surface area (TPSA) is 69.0 Å². The van der Waals surface area contributed by atoms with Gasteiger partial charge in [-0.3, -0.25) is 9.36 Å². The maximum atomic E-state index is 12.4. The van der Waals surface area contributed by atoms with Crippen LogP contribution in [0.15, 0.2) is 61.3 Å².